The maximum atomic E-state index is 15.1. The molecule has 0 aliphatic rings. The Morgan fingerprint density at radius 2 is 0.719 bits per heavy atom. The van der Waals surface area contributed by atoms with Crippen molar-refractivity contribution in [2.24, 2.45) is 0 Å². The van der Waals surface area contributed by atoms with E-state index in [1.807, 2.05) is 0 Å². The first-order valence-electron chi connectivity index (χ1n) is 8.18. The summed E-state index contributed by atoms with van der Waals surface area (Å²) in [5, 5.41) is -7.73. The fraction of sp³-hybridized carbons (Fsp3) is 0. The molecule has 4 rings (SSSR count). The Labute approximate surface area is 168 Å². The van der Waals surface area contributed by atoms with Gasteiger partial charge in [-0.15, -0.1) is 0 Å². The minimum absolute atomic E-state index is 0.172. The van der Waals surface area contributed by atoms with Gasteiger partial charge in [-0.1, -0.05) is 0 Å². The normalized spacial score (nSPS) is 11.8. The topological polar surface area (TPSA) is 0 Å². The van der Waals surface area contributed by atoms with E-state index in [1.165, 1.54) is 0 Å². The van der Waals surface area contributed by atoms with Gasteiger partial charge in [-0.25, -0.2) is 52.7 Å². The number of hydrogen-bond acceptors (Lipinski definition) is 0. The molecule has 0 atom stereocenters. The predicted octanol–water partition coefficient (Wildman–Crippen LogP) is 7.33. The van der Waals surface area contributed by atoms with Gasteiger partial charge in [-0.2, -0.15) is 0 Å². The van der Waals surface area contributed by atoms with Gasteiger partial charge < -0.3 is 0 Å². The van der Waals surface area contributed by atoms with Gasteiger partial charge in [0.05, 0.1) is 16.2 Å². The quantitative estimate of drug-likeness (QED) is 0.118. The third-order valence-corrected chi connectivity index (χ3v) is 4.77. The summed E-state index contributed by atoms with van der Waals surface area (Å²) in [5.41, 5.74) is -3.22. The van der Waals surface area contributed by atoms with E-state index >= 15 is 4.39 Å². The number of hydrogen-bond donors (Lipinski definition) is 0. The van der Waals surface area contributed by atoms with Crippen molar-refractivity contribution in [3.63, 3.8) is 0 Å². The van der Waals surface area contributed by atoms with Gasteiger partial charge in [0.1, 0.15) is 11.6 Å². The SMILES string of the molecule is Fc1ccc(-c2c(F)c(F)c(F)c3c(F)c4c(F)c(F)c(F)c(F)c4c(F)c23)c(F)c1F. The maximum Gasteiger partial charge on any atom is 0.198 e. The Morgan fingerprint density at radius 3 is 1.22 bits per heavy atom. The van der Waals surface area contributed by atoms with E-state index in [0.717, 1.165) is 0 Å². The third-order valence-electron chi connectivity index (χ3n) is 4.77. The molecule has 0 saturated carbocycles. The molecular weight excluding hydrogens is 468 g/mol. The second-order valence-corrected chi connectivity index (χ2v) is 6.42. The molecule has 0 fully saturated rings. The van der Waals surface area contributed by atoms with E-state index in [0.29, 0.717) is 0 Å². The van der Waals surface area contributed by atoms with Gasteiger partial charge in [-0.3, -0.25) is 0 Å². The van der Waals surface area contributed by atoms with Crippen LogP contribution in [0.1, 0.15) is 0 Å². The Bertz CT molecular complexity index is 1490. The largest absolute Gasteiger partial charge is 0.205 e. The van der Waals surface area contributed by atoms with Crippen LogP contribution in [-0.2, 0) is 0 Å². The van der Waals surface area contributed by atoms with Crippen LogP contribution in [0.5, 0.6) is 0 Å². The van der Waals surface area contributed by atoms with Crippen LogP contribution in [0.15, 0.2) is 12.1 Å². The molecule has 0 bridgehead atoms. The average molecular weight is 470 g/mol. The zero-order valence-corrected chi connectivity index (χ0v) is 14.7. The Morgan fingerprint density at radius 1 is 0.312 bits per heavy atom. The Balaban J connectivity index is 2.40. The van der Waals surface area contributed by atoms with Crippen molar-refractivity contribution >= 4 is 21.5 Å². The molecule has 166 valence electrons. The molecule has 0 nitrogen and oxygen atoms in total. The molecule has 4 aromatic rings. The highest BCUT2D eigenvalue weighted by molar-refractivity contribution is 6.07. The maximum absolute atomic E-state index is 15.1. The molecule has 12 heteroatoms. The van der Waals surface area contributed by atoms with Gasteiger partial charge in [0.15, 0.2) is 58.2 Å². The monoisotopic (exact) mass is 470 g/mol. The van der Waals surface area contributed by atoms with Crippen LogP contribution < -0.4 is 0 Å². The number of rotatable bonds is 1. The summed E-state index contributed by atoms with van der Waals surface area (Å²) < 4.78 is 170. The van der Waals surface area contributed by atoms with Crippen molar-refractivity contribution in [1.29, 1.82) is 0 Å². The smallest absolute Gasteiger partial charge is 0.198 e. The number of fused-ring (bicyclic) bond motifs is 2. The lowest BCUT2D eigenvalue weighted by Gasteiger charge is -2.16. The molecule has 0 aliphatic carbocycles. The highest BCUT2D eigenvalue weighted by atomic mass is 19.2. The van der Waals surface area contributed by atoms with Gasteiger partial charge >= 0.3 is 0 Å². The van der Waals surface area contributed by atoms with Gasteiger partial charge in [0.25, 0.3) is 0 Å². The molecule has 0 radical (unpaired) electrons. The van der Waals surface area contributed by atoms with Crippen LogP contribution in [0.2, 0.25) is 0 Å². The van der Waals surface area contributed by atoms with Crippen LogP contribution >= 0.6 is 0 Å². The summed E-state index contributed by atoms with van der Waals surface area (Å²) >= 11 is 0. The lowest BCUT2D eigenvalue weighted by molar-refractivity contribution is 0.414. The standard InChI is InChI=1S/C20H2F12/c21-4-2-1-3(10(22)11(4)23)5-6-7(15(27)18(30)14(5)26)13(25)9-8(12(6)24)16(28)19(31)20(32)17(9)29/h1-2H. The minimum Gasteiger partial charge on any atom is -0.205 e. The van der Waals surface area contributed by atoms with Gasteiger partial charge in [0, 0.05) is 16.5 Å². The molecular formula is C20H2F12. The first-order chi connectivity index (χ1) is 14.9. The summed E-state index contributed by atoms with van der Waals surface area (Å²) in [7, 11) is 0. The summed E-state index contributed by atoms with van der Waals surface area (Å²) in [6.45, 7) is 0. The summed E-state index contributed by atoms with van der Waals surface area (Å²) in [5.74, 6) is -29.0. The molecule has 32 heavy (non-hydrogen) atoms. The first kappa shape index (κ1) is 21.8. The van der Waals surface area contributed by atoms with E-state index in [4.69, 9.17) is 0 Å². The van der Waals surface area contributed by atoms with Crippen molar-refractivity contribution < 1.29 is 52.7 Å². The van der Waals surface area contributed by atoms with Crippen LogP contribution in [-0.4, -0.2) is 0 Å². The molecule has 0 saturated heterocycles. The van der Waals surface area contributed by atoms with Crippen molar-refractivity contribution in [1.82, 2.24) is 0 Å². The zero-order chi connectivity index (χ0) is 23.8. The van der Waals surface area contributed by atoms with E-state index in [2.05, 4.69) is 0 Å². The summed E-state index contributed by atoms with van der Waals surface area (Å²) in [4.78, 5) is 0. The predicted molar refractivity (Wildman–Crippen MR) is 86.4 cm³/mol. The highest BCUT2D eigenvalue weighted by Gasteiger charge is 2.34. The Hall–Kier alpha value is -3.44. The van der Waals surface area contributed by atoms with Crippen molar-refractivity contribution in [2.75, 3.05) is 0 Å². The van der Waals surface area contributed by atoms with Crippen LogP contribution in [0.4, 0.5) is 52.7 Å². The molecule has 0 amide bonds. The van der Waals surface area contributed by atoms with Gasteiger partial charge in [0.2, 0.25) is 0 Å². The van der Waals surface area contributed by atoms with E-state index in [-0.39, 0.29) is 12.1 Å². The third kappa shape index (κ3) is 2.61. The van der Waals surface area contributed by atoms with E-state index < -0.39 is 102 Å². The summed E-state index contributed by atoms with van der Waals surface area (Å²) in [6, 6.07) is 0.414. The summed E-state index contributed by atoms with van der Waals surface area (Å²) in [6.07, 6.45) is 0. The number of halogens is 12. The number of benzene rings is 4. The van der Waals surface area contributed by atoms with Crippen LogP contribution in [0, 0.1) is 69.8 Å². The van der Waals surface area contributed by atoms with Crippen LogP contribution in [0.3, 0.4) is 0 Å². The first-order valence-corrected chi connectivity index (χ1v) is 8.18. The lowest BCUT2D eigenvalue weighted by atomic mass is 9.92. The lowest BCUT2D eigenvalue weighted by Crippen LogP contribution is -2.08. The zero-order valence-electron chi connectivity index (χ0n) is 14.7. The molecule has 0 aliphatic heterocycles. The molecule has 0 heterocycles. The van der Waals surface area contributed by atoms with Gasteiger partial charge in [-0.05, 0) is 12.1 Å². The average Bonchev–Trinajstić information content (AvgIpc) is 2.76. The highest BCUT2D eigenvalue weighted by Crippen LogP contribution is 2.44. The van der Waals surface area contributed by atoms with Crippen molar-refractivity contribution in [3.05, 3.63) is 81.9 Å². The van der Waals surface area contributed by atoms with Crippen molar-refractivity contribution in [3.8, 4) is 11.1 Å². The van der Waals surface area contributed by atoms with Crippen LogP contribution in [0.25, 0.3) is 32.7 Å². The second-order valence-electron chi connectivity index (χ2n) is 6.42. The molecule has 0 N–H and O–H groups in total. The fourth-order valence-electron chi connectivity index (χ4n) is 3.35. The minimum atomic E-state index is -2.63. The molecule has 0 aromatic heterocycles. The van der Waals surface area contributed by atoms with Crippen molar-refractivity contribution in [2.45, 2.75) is 0 Å². The molecule has 0 spiro atoms. The second kappa shape index (κ2) is 7.04. The van der Waals surface area contributed by atoms with E-state index in [9.17, 15) is 48.3 Å². The molecule has 0 unspecified atom stereocenters. The Kier molecular flexibility index (Phi) is 4.79. The fourth-order valence-corrected chi connectivity index (χ4v) is 3.35. The van der Waals surface area contributed by atoms with E-state index in [1.54, 1.807) is 0 Å². The molecule has 4 aromatic carbocycles.